The van der Waals surface area contributed by atoms with Crippen molar-refractivity contribution in [1.82, 2.24) is 15.0 Å². The van der Waals surface area contributed by atoms with Gasteiger partial charge >= 0.3 is 0 Å². The van der Waals surface area contributed by atoms with Gasteiger partial charge in [0.05, 0.1) is 11.4 Å². The highest BCUT2D eigenvalue weighted by atomic mass is 127. The van der Waals surface area contributed by atoms with Crippen molar-refractivity contribution in [2.24, 2.45) is 0 Å². The van der Waals surface area contributed by atoms with E-state index in [0.29, 0.717) is 11.8 Å². The van der Waals surface area contributed by atoms with Crippen LogP contribution in [-0.2, 0) is 0 Å². The standard InChI is InChI=1S/C17H14IN5/c1-10-15(11(2)21-16(10)19-3)14-8-9-20-17(23-14)22-13-6-4-12(18)5-7-13/h4-9,21H,1-2H3,(H,20,22,23). The molecule has 0 atom stereocenters. The molecule has 6 heteroatoms. The van der Waals surface area contributed by atoms with Gasteiger partial charge in [0.2, 0.25) is 11.8 Å². The first kappa shape index (κ1) is 15.5. The molecule has 23 heavy (non-hydrogen) atoms. The van der Waals surface area contributed by atoms with Gasteiger partial charge in [-0.2, -0.15) is 0 Å². The summed E-state index contributed by atoms with van der Waals surface area (Å²) < 4.78 is 1.17. The number of hydrogen-bond acceptors (Lipinski definition) is 3. The largest absolute Gasteiger partial charge is 0.364 e. The summed E-state index contributed by atoms with van der Waals surface area (Å²) in [4.78, 5) is 15.5. The molecule has 0 saturated heterocycles. The number of nitrogens with zero attached hydrogens (tertiary/aromatic N) is 3. The van der Waals surface area contributed by atoms with E-state index in [1.165, 1.54) is 3.57 Å². The van der Waals surface area contributed by atoms with Crippen LogP contribution in [0.2, 0.25) is 0 Å². The van der Waals surface area contributed by atoms with Crippen molar-refractivity contribution in [2.45, 2.75) is 13.8 Å². The van der Waals surface area contributed by atoms with Crippen LogP contribution in [0.25, 0.3) is 16.1 Å². The Bertz CT molecular complexity index is 890. The van der Waals surface area contributed by atoms with Gasteiger partial charge in [0.25, 0.3) is 0 Å². The van der Waals surface area contributed by atoms with E-state index >= 15 is 0 Å². The highest BCUT2D eigenvalue weighted by Crippen LogP contribution is 2.32. The fourth-order valence-corrected chi connectivity index (χ4v) is 2.81. The van der Waals surface area contributed by atoms with E-state index in [0.717, 1.165) is 28.2 Å². The summed E-state index contributed by atoms with van der Waals surface area (Å²) in [5.74, 6) is 1.09. The molecular weight excluding hydrogens is 401 g/mol. The Balaban J connectivity index is 1.96. The van der Waals surface area contributed by atoms with Crippen molar-refractivity contribution in [3.8, 4) is 11.3 Å². The summed E-state index contributed by atoms with van der Waals surface area (Å²) in [6.45, 7) is 11.1. The quantitative estimate of drug-likeness (QED) is 0.468. The molecule has 0 amide bonds. The maximum absolute atomic E-state index is 7.21. The molecule has 0 saturated carbocycles. The summed E-state index contributed by atoms with van der Waals surface area (Å²) in [6.07, 6.45) is 1.72. The molecular formula is C17H14IN5. The van der Waals surface area contributed by atoms with E-state index in [1.807, 2.05) is 44.2 Å². The predicted octanol–water partition coefficient (Wildman–Crippen LogP) is 4.99. The molecule has 3 aromatic rings. The van der Waals surface area contributed by atoms with Gasteiger partial charge in [-0.15, -0.1) is 0 Å². The topological polar surface area (TPSA) is 58.0 Å². The second kappa shape index (κ2) is 6.38. The fraction of sp³-hybridized carbons (Fsp3) is 0.118. The fourth-order valence-electron chi connectivity index (χ4n) is 2.45. The number of nitrogens with one attached hydrogen (secondary N) is 2. The van der Waals surface area contributed by atoms with Crippen LogP contribution < -0.4 is 5.32 Å². The molecule has 0 aliphatic heterocycles. The van der Waals surface area contributed by atoms with Crippen molar-refractivity contribution in [2.75, 3.05) is 5.32 Å². The summed E-state index contributed by atoms with van der Waals surface area (Å²) in [5.41, 5.74) is 4.55. The molecule has 0 radical (unpaired) electrons. The van der Waals surface area contributed by atoms with Crippen LogP contribution in [0.15, 0.2) is 36.5 Å². The smallest absolute Gasteiger partial charge is 0.231 e. The SMILES string of the molecule is [C-]#[N+]c1[nH]c(C)c(-c2ccnc(Nc3ccc(I)cc3)n2)c1C. The van der Waals surface area contributed by atoms with Crippen LogP contribution in [0, 0.1) is 24.0 Å². The van der Waals surface area contributed by atoms with Crippen LogP contribution in [-0.4, -0.2) is 15.0 Å². The van der Waals surface area contributed by atoms with E-state index in [1.54, 1.807) is 6.20 Å². The second-order valence-electron chi connectivity index (χ2n) is 5.11. The Morgan fingerprint density at radius 1 is 1.17 bits per heavy atom. The lowest BCUT2D eigenvalue weighted by molar-refractivity contribution is 1.16. The number of hydrogen-bond donors (Lipinski definition) is 2. The van der Waals surface area contributed by atoms with E-state index in [9.17, 15) is 0 Å². The molecule has 5 nitrogen and oxygen atoms in total. The molecule has 1 aromatic carbocycles. The van der Waals surface area contributed by atoms with Crippen LogP contribution in [0.5, 0.6) is 0 Å². The third-order valence-electron chi connectivity index (χ3n) is 3.53. The summed E-state index contributed by atoms with van der Waals surface area (Å²) in [6, 6.07) is 9.88. The summed E-state index contributed by atoms with van der Waals surface area (Å²) >= 11 is 2.27. The molecule has 2 heterocycles. The minimum Gasteiger partial charge on any atom is -0.364 e. The highest BCUT2D eigenvalue weighted by molar-refractivity contribution is 14.1. The zero-order valence-corrected chi connectivity index (χ0v) is 14.8. The number of halogens is 1. The van der Waals surface area contributed by atoms with E-state index in [2.05, 4.69) is 47.7 Å². The van der Waals surface area contributed by atoms with Gasteiger partial charge in [0, 0.05) is 21.0 Å². The predicted molar refractivity (Wildman–Crippen MR) is 100.0 cm³/mol. The maximum Gasteiger partial charge on any atom is 0.231 e. The van der Waals surface area contributed by atoms with Crippen LogP contribution in [0.1, 0.15) is 11.3 Å². The van der Waals surface area contributed by atoms with Gasteiger partial charge in [-0.1, -0.05) is 6.57 Å². The molecule has 0 spiro atoms. The lowest BCUT2D eigenvalue weighted by atomic mass is 10.1. The zero-order chi connectivity index (χ0) is 16.4. The third-order valence-corrected chi connectivity index (χ3v) is 4.25. The average molecular weight is 415 g/mol. The lowest BCUT2D eigenvalue weighted by Gasteiger charge is -2.07. The van der Waals surface area contributed by atoms with Gasteiger partial charge in [0.1, 0.15) is 0 Å². The number of benzene rings is 1. The van der Waals surface area contributed by atoms with Crippen molar-refractivity contribution < 1.29 is 0 Å². The Kier molecular flexibility index (Phi) is 4.30. The highest BCUT2D eigenvalue weighted by Gasteiger charge is 2.15. The lowest BCUT2D eigenvalue weighted by Crippen LogP contribution is -1.98. The molecule has 0 aliphatic rings. The first-order valence-electron chi connectivity index (χ1n) is 7.01. The number of aryl methyl sites for hydroxylation is 1. The van der Waals surface area contributed by atoms with E-state index in [-0.39, 0.29) is 0 Å². The van der Waals surface area contributed by atoms with Gasteiger partial charge in [-0.3, -0.25) is 0 Å². The number of anilines is 2. The van der Waals surface area contributed by atoms with Gasteiger partial charge in [-0.25, -0.2) is 9.97 Å². The average Bonchev–Trinajstić information content (AvgIpc) is 2.84. The summed E-state index contributed by atoms with van der Waals surface area (Å²) in [7, 11) is 0. The van der Waals surface area contributed by atoms with Gasteiger partial charge < -0.3 is 15.1 Å². The maximum atomic E-state index is 7.21. The van der Waals surface area contributed by atoms with Gasteiger partial charge in [-0.05, 0) is 72.3 Å². The monoisotopic (exact) mass is 415 g/mol. The Morgan fingerprint density at radius 2 is 1.91 bits per heavy atom. The molecule has 114 valence electrons. The van der Waals surface area contributed by atoms with E-state index < -0.39 is 0 Å². The Labute approximate surface area is 148 Å². The molecule has 3 rings (SSSR count). The molecule has 0 unspecified atom stereocenters. The van der Waals surface area contributed by atoms with Crippen molar-refractivity contribution >= 4 is 40.0 Å². The molecule has 0 aliphatic carbocycles. The van der Waals surface area contributed by atoms with Crippen LogP contribution in [0.3, 0.4) is 0 Å². The normalized spacial score (nSPS) is 10.3. The number of H-pyrrole nitrogens is 1. The minimum atomic E-state index is 0.535. The Morgan fingerprint density at radius 3 is 2.57 bits per heavy atom. The number of aromatic nitrogens is 3. The third kappa shape index (κ3) is 3.19. The van der Waals surface area contributed by atoms with E-state index in [4.69, 9.17) is 6.57 Å². The molecule has 0 fully saturated rings. The second-order valence-corrected chi connectivity index (χ2v) is 6.35. The first-order chi connectivity index (χ1) is 11.1. The van der Waals surface area contributed by atoms with Gasteiger partial charge in [0.15, 0.2) is 0 Å². The minimum absolute atomic E-state index is 0.535. The molecule has 2 aromatic heterocycles. The molecule has 2 N–H and O–H groups in total. The number of rotatable bonds is 3. The van der Waals surface area contributed by atoms with Crippen molar-refractivity contribution in [3.05, 3.63) is 62.8 Å². The zero-order valence-electron chi connectivity index (χ0n) is 12.7. The van der Waals surface area contributed by atoms with Crippen LogP contribution >= 0.6 is 22.6 Å². The van der Waals surface area contributed by atoms with Crippen LogP contribution in [0.4, 0.5) is 17.5 Å². The number of aromatic amines is 1. The Hall–Kier alpha value is -2.40. The van der Waals surface area contributed by atoms with Crippen molar-refractivity contribution in [1.29, 1.82) is 0 Å². The first-order valence-corrected chi connectivity index (χ1v) is 8.09. The van der Waals surface area contributed by atoms with Crippen molar-refractivity contribution in [3.63, 3.8) is 0 Å². The molecule has 0 bridgehead atoms. The summed E-state index contributed by atoms with van der Waals surface area (Å²) in [5, 5.41) is 3.20.